The summed E-state index contributed by atoms with van der Waals surface area (Å²) in [5.41, 5.74) is 5.30. The molecule has 0 spiro atoms. The van der Waals surface area contributed by atoms with Gasteiger partial charge >= 0.3 is 12.1 Å². The number of hydrazine groups is 1. The van der Waals surface area contributed by atoms with E-state index in [-0.39, 0.29) is 56.1 Å². The van der Waals surface area contributed by atoms with E-state index in [1.807, 2.05) is 81.4 Å². The summed E-state index contributed by atoms with van der Waals surface area (Å²) in [4.78, 5) is 53.7. The van der Waals surface area contributed by atoms with E-state index in [1.165, 1.54) is 5.01 Å². The molecular weight excluding hydrogens is 630 g/mol. The maximum atomic E-state index is 13.2. The Morgan fingerprint density at radius 1 is 0.939 bits per heavy atom. The van der Waals surface area contributed by atoms with Crippen molar-refractivity contribution >= 4 is 34.7 Å². The Hall–Kier alpha value is -4.63. The molecule has 1 unspecified atom stereocenters. The fourth-order valence-electron chi connectivity index (χ4n) is 5.41. The summed E-state index contributed by atoms with van der Waals surface area (Å²) in [5, 5.41) is 22.6. The molecule has 2 aromatic carbocycles. The van der Waals surface area contributed by atoms with Gasteiger partial charge in [0.1, 0.15) is 0 Å². The number of nitrogens with zero attached hydrogens (tertiary/aromatic N) is 2. The van der Waals surface area contributed by atoms with Crippen LogP contribution in [0.4, 0.5) is 9.59 Å². The minimum atomic E-state index is -1.29. The van der Waals surface area contributed by atoms with E-state index < -0.39 is 24.5 Å². The number of hydrogen-bond donors (Lipinski definition) is 6. The number of urea groups is 1. The van der Waals surface area contributed by atoms with Gasteiger partial charge in [-0.1, -0.05) is 61.5 Å². The van der Waals surface area contributed by atoms with Crippen LogP contribution < -0.4 is 26.7 Å². The molecule has 266 valence electrons. The van der Waals surface area contributed by atoms with Crippen LogP contribution in [-0.4, -0.2) is 91.1 Å². The molecule has 4 amide bonds. The van der Waals surface area contributed by atoms with Crippen molar-refractivity contribution in [2.45, 2.75) is 58.5 Å². The molecule has 0 saturated carbocycles. The van der Waals surface area contributed by atoms with Crippen LogP contribution in [0.15, 0.2) is 66.9 Å². The molecule has 3 atom stereocenters. The number of hydrogen-bond acceptors (Lipinski definition) is 9. The highest BCUT2D eigenvalue weighted by atomic mass is 16.7. The van der Waals surface area contributed by atoms with Crippen molar-refractivity contribution in [2.75, 3.05) is 39.9 Å². The molecule has 0 aliphatic heterocycles. The van der Waals surface area contributed by atoms with Gasteiger partial charge < -0.3 is 35.8 Å². The van der Waals surface area contributed by atoms with E-state index in [0.717, 1.165) is 22.0 Å². The smallest absolute Gasteiger partial charge is 0.405 e. The predicted octanol–water partition coefficient (Wildman–Crippen LogP) is 3.35. The number of para-hydroxylation sites is 1. The van der Waals surface area contributed by atoms with Gasteiger partial charge in [0.2, 0.25) is 5.91 Å². The maximum absolute atomic E-state index is 13.2. The highest BCUT2D eigenvalue weighted by Gasteiger charge is 2.30. The highest BCUT2D eigenvalue weighted by molar-refractivity contribution is 5.84. The number of benzene rings is 2. The van der Waals surface area contributed by atoms with Crippen molar-refractivity contribution in [3.63, 3.8) is 0 Å². The Morgan fingerprint density at radius 2 is 1.65 bits per heavy atom. The van der Waals surface area contributed by atoms with Crippen LogP contribution >= 0.6 is 0 Å². The Kier molecular flexibility index (Phi) is 16.4. The molecule has 3 rings (SSSR count). The van der Waals surface area contributed by atoms with E-state index in [1.54, 1.807) is 13.2 Å². The molecule has 0 aliphatic carbocycles. The molecule has 0 fully saturated rings. The Labute approximate surface area is 287 Å². The lowest BCUT2D eigenvalue weighted by Gasteiger charge is -2.33. The van der Waals surface area contributed by atoms with E-state index in [9.17, 15) is 19.2 Å². The summed E-state index contributed by atoms with van der Waals surface area (Å²) in [6.45, 7) is 6.82. The number of pyridine rings is 1. The van der Waals surface area contributed by atoms with Crippen molar-refractivity contribution in [3.8, 4) is 0 Å². The molecular formula is C35H49N7O7. The number of ether oxygens (including phenoxy) is 2. The second-order valence-electron chi connectivity index (χ2n) is 11.6. The van der Waals surface area contributed by atoms with Gasteiger partial charge in [0.05, 0.1) is 18.6 Å². The average Bonchev–Trinajstić information content (AvgIpc) is 3.08. The van der Waals surface area contributed by atoms with E-state index in [0.29, 0.717) is 19.8 Å². The lowest BCUT2D eigenvalue weighted by molar-refractivity contribution is -0.169. The number of carbonyl (C=O) groups excluding carboxylic acids is 3. The third kappa shape index (κ3) is 13.4. The summed E-state index contributed by atoms with van der Waals surface area (Å²) in [6.07, 6.45) is 0.183. The number of rotatable bonds is 21. The average molecular weight is 680 g/mol. The Balaban J connectivity index is 1.75. The van der Waals surface area contributed by atoms with Crippen LogP contribution in [0.25, 0.3) is 10.9 Å². The zero-order valence-corrected chi connectivity index (χ0v) is 28.6. The largest absolute Gasteiger partial charge is 0.465 e. The monoisotopic (exact) mass is 679 g/mol. The zero-order valence-electron chi connectivity index (χ0n) is 28.6. The molecule has 0 aliphatic rings. The van der Waals surface area contributed by atoms with Gasteiger partial charge in [-0.25, -0.2) is 14.6 Å². The molecule has 0 bridgehead atoms. The minimum absolute atomic E-state index is 0.0272. The first kappa shape index (κ1) is 38.8. The molecule has 0 radical (unpaired) electrons. The number of Topliss-reactive ketones (excluding diaryl/α,β-unsaturated/α-hetero) is 1. The molecule has 6 N–H and O–H groups in total. The van der Waals surface area contributed by atoms with Crippen molar-refractivity contribution < 1.29 is 33.8 Å². The molecule has 14 nitrogen and oxygen atoms in total. The van der Waals surface area contributed by atoms with Gasteiger partial charge in [-0.3, -0.25) is 20.0 Å². The van der Waals surface area contributed by atoms with Crippen molar-refractivity contribution in [1.29, 1.82) is 0 Å². The number of nitrogens with one attached hydrogen (secondary N) is 5. The van der Waals surface area contributed by atoms with Crippen LogP contribution in [-0.2, 0) is 25.6 Å². The van der Waals surface area contributed by atoms with Gasteiger partial charge in [0.15, 0.2) is 12.1 Å². The SMILES string of the molecule is CCOC(OCC)[C@@H](C)C(NC[C@H](CCC(=O)CNC(=O)O)NC(=O)CN(C)NC(=O)NCc1ccccc1)c1cccc2cccnc12. The number of likely N-dealkylation sites (N-methyl/N-ethyl adjacent to an activating group) is 1. The third-order valence-electron chi connectivity index (χ3n) is 7.74. The van der Waals surface area contributed by atoms with Crippen LogP contribution in [0.5, 0.6) is 0 Å². The van der Waals surface area contributed by atoms with Crippen molar-refractivity contribution in [1.82, 2.24) is 36.7 Å². The lowest BCUT2D eigenvalue weighted by Crippen LogP contribution is -2.51. The second-order valence-corrected chi connectivity index (χ2v) is 11.6. The van der Waals surface area contributed by atoms with E-state index >= 15 is 0 Å². The third-order valence-corrected chi connectivity index (χ3v) is 7.74. The number of fused-ring (bicyclic) bond motifs is 1. The number of aromatic nitrogens is 1. The number of amides is 4. The summed E-state index contributed by atoms with van der Waals surface area (Å²) in [7, 11) is 1.57. The second kappa shape index (κ2) is 20.7. The summed E-state index contributed by atoms with van der Waals surface area (Å²) >= 11 is 0. The first-order valence-corrected chi connectivity index (χ1v) is 16.5. The quantitative estimate of drug-likeness (QED) is 0.0721. The predicted molar refractivity (Wildman–Crippen MR) is 185 cm³/mol. The Morgan fingerprint density at radius 3 is 2.35 bits per heavy atom. The van der Waals surface area contributed by atoms with Gasteiger partial charge in [-0.15, -0.1) is 0 Å². The highest BCUT2D eigenvalue weighted by Crippen LogP contribution is 2.31. The van der Waals surface area contributed by atoms with Crippen LogP contribution in [0.2, 0.25) is 0 Å². The summed E-state index contributed by atoms with van der Waals surface area (Å²) < 4.78 is 12.0. The van der Waals surface area contributed by atoms with E-state index in [4.69, 9.17) is 14.6 Å². The van der Waals surface area contributed by atoms with Gasteiger partial charge in [0, 0.05) is 69.4 Å². The molecule has 3 aromatic rings. The fourth-order valence-corrected chi connectivity index (χ4v) is 5.41. The van der Waals surface area contributed by atoms with Crippen LogP contribution in [0.3, 0.4) is 0 Å². The first-order valence-electron chi connectivity index (χ1n) is 16.5. The molecule has 49 heavy (non-hydrogen) atoms. The molecule has 0 saturated heterocycles. The maximum Gasteiger partial charge on any atom is 0.405 e. The molecule has 1 aromatic heterocycles. The van der Waals surface area contributed by atoms with Crippen molar-refractivity contribution in [2.24, 2.45) is 5.92 Å². The normalized spacial score (nSPS) is 13.1. The number of ketones is 1. The number of carboxylic acid groups (broad SMARTS) is 1. The first-order chi connectivity index (χ1) is 23.6. The molecule has 1 heterocycles. The van der Waals surface area contributed by atoms with Gasteiger partial charge in [-0.2, -0.15) is 0 Å². The zero-order chi connectivity index (χ0) is 35.6. The topological polar surface area (TPSA) is 183 Å². The van der Waals surface area contributed by atoms with Crippen molar-refractivity contribution in [3.05, 3.63) is 78.0 Å². The number of carbonyl (C=O) groups is 4. The molecule has 14 heteroatoms. The Bertz CT molecular complexity index is 1480. The minimum Gasteiger partial charge on any atom is -0.465 e. The standard InChI is InChI=1S/C35H49N7O7/c1-5-48-33(49-6-2)24(3)31(29-16-10-14-26-15-11-19-36-32(26)29)37-21-27(17-18-28(43)22-39-35(46)47)40-30(44)23-42(4)41-34(45)38-20-25-12-8-7-9-13-25/h7-16,19,24,27,31,33,37,39H,5-6,17-18,20-23H2,1-4H3,(H,40,44)(H,46,47)(H2,38,41,45)/t24-,27-,31?/m0/s1. The summed E-state index contributed by atoms with van der Waals surface area (Å²) in [6, 6.07) is 17.9. The van der Waals surface area contributed by atoms with E-state index in [2.05, 4.69) is 31.7 Å². The fraction of sp³-hybridized carbons (Fsp3) is 0.457. The van der Waals surface area contributed by atoms with Gasteiger partial charge in [0.25, 0.3) is 0 Å². The van der Waals surface area contributed by atoms with Crippen LogP contribution in [0, 0.1) is 5.92 Å². The van der Waals surface area contributed by atoms with Gasteiger partial charge in [-0.05, 0) is 37.5 Å². The summed E-state index contributed by atoms with van der Waals surface area (Å²) in [5.74, 6) is -0.895. The van der Waals surface area contributed by atoms with Crippen LogP contribution in [0.1, 0.15) is 50.8 Å². The lowest BCUT2D eigenvalue weighted by atomic mass is 9.91.